The highest BCUT2D eigenvalue weighted by Gasteiger charge is 2.19. The maximum absolute atomic E-state index is 12.5. The number of amides is 1. The number of benzene rings is 2. The van der Waals surface area contributed by atoms with Gasteiger partial charge in [-0.1, -0.05) is 47.5 Å². The van der Waals surface area contributed by atoms with E-state index in [1.165, 1.54) is 29.5 Å². The first-order valence-electron chi connectivity index (χ1n) is 7.59. The van der Waals surface area contributed by atoms with Gasteiger partial charge in [0.15, 0.2) is 0 Å². The van der Waals surface area contributed by atoms with Gasteiger partial charge in [0.05, 0.1) is 4.90 Å². The first-order chi connectivity index (χ1) is 12.4. The molecule has 3 aromatic rings. The number of sulfonamides is 1. The predicted octanol–water partition coefficient (Wildman–Crippen LogP) is 4.00. The van der Waals surface area contributed by atoms with Crippen LogP contribution in [0.3, 0.4) is 0 Å². The van der Waals surface area contributed by atoms with Crippen LogP contribution in [0.15, 0.2) is 64.9 Å². The van der Waals surface area contributed by atoms with Gasteiger partial charge in [0, 0.05) is 10.6 Å². The molecule has 2 aromatic carbocycles. The van der Waals surface area contributed by atoms with Gasteiger partial charge in [-0.3, -0.25) is 10.2 Å². The van der Waals surface area contributed by atoms with Gasteiger partial charge in [-0.2, -0.15) is 0 Å². The Balaban J connectivity index is 1.77. The summed E-state index contributed by atoms with van der Waals surface area (Å²) in [5.41, 5.74) is 5.00. The van der Waals surface area contributed by atoms with E-state index in [0.29, 0.717) is 9.90 Å². The van der Waals surface area contributed by atoms with Crippen molar-refractivity contribution >= 4 is 38.9 Å². The Hall–Kier alpha value is -2.19. The molecule has 1 aromatic heterocycles. The van der Waals surface area contributed by atoms with Gasteiger partial charge >= 0.3 is 0 Å². The second-order valence-corrected chi connectivity index (χ2v) is 8.58. The second kappa shape index (κ2) is 7.59. The quantitative estimate of drug-likeness (QED) is 0.629. The lowest BCUT2D eigenvalue weighted by atomic mass is 10.1. The van der Waals surface area contributed by atoms with E-state index < -0.39 is 15.9 Å². The van der Waals surface area contributed by atoms with Crippen molar-refractivity contribution in [3.63, 3.8) is 0 Å². The molecule has 2 N–H and O–H groups in total. The van der Waals surface area contributed by atoms with Crippen molar-refractivity contribution in [2.24, 2.45) is 0 Å². The average Bonchev–Trinajstić information content (AvgIpc) is 3.10. The van der Waals surface area contributed by atoms with Gasteiger partial charge in [-0.15, -0.1) is 16.2 Å². The fraction of sp³-hybridized carbons (Fsp3) is 0.0556. The number of hydrazine groups is 1. The molecule has 0 radical (unpaired) electrons. The molecule has 0 spiro atoms. The predicted molar refractivity (Wildman–Crippen MR) is 104 cm³/mol. The van der Waals surface area contributed by atoms with Crippen LogP contribution in [0.2, 0.25) is 5.02 Å². The van der Waals surface area contributed by atoms with Crippen LogP contribution in [0.4, 0.5) is 0 Å². The molecule has 1 heterocycles. The molecule has 0 aliphatic heterocycles. The molecule has 0 fully saturated rings. The van der Waals surface area contributed by atoms with Gasteiger partial charge in [0.2, 0.25) is 0 Å². The van der Waals surface area contributed by atoms with Gasteiger partial charge in [-0.25, -0.2) is 8.42 Å². The molecule has 0 unspecified atom stereocenters. The minimum Gasteiger partial charge on any atom is -0.273 e. The zero-order chi connectivity index (χ0) is 18.7. The zero-order valence-corrected chi connectivity index (χ0v) is 16.1. The van der Waals surface area contributed by atoms with E-state index in [-0.39, 0.29) is 4.90 Å². The lowest BCUT2D eigenvalue weighted by Crippen LogP contribution is -2.41. The molecule has 134 valence electrons. The number of thiophene rings is 1. The molecular formula is C18H15ClN2O3S2. The van der Waals surface area contributed by atoms with Crippen LogP contribution in [0, 0.1) is 6.92 Å². The molecule has 0 saturated carbocycles. The highest BCUT2D eigenvalue weighted by molar-refractivity contribution is 7.89. The van der Waals surface area contributed by atoms with E-state index in [9.17, 15) is 13.2 Å². The van der Waals surface area contributed by atoms with E-state index in [0.717, 1.165) is 16.7 Å². The van der Waals surface area contributed by atoms with Gasteiger partial charge in [0.25, 0.3) is 15.9 Å². The largest absolute Gasteiger partial charge is 0.276 e. The summed E-state index contributed by atoms with van der Waals surface area (Å²) in [6, 6.07) is 15.4. The summed E-state index contributed by atoms with van der Waals surface area (Å²) < 4.78 is 24.5. The highest BCUT2D eigenvalue weighted by atomic mass is 35.5. The molecule has 0 aliphatic rings. The molecule has 0 atom stereocenters. The van der Waals surface area contributed by atoms with Crippen molar-refractivity contribution in [2.45, 2.75) is 11.8 Å². The molecule has 26 heavy (non-hydrogen) atoms. The molecule has 0 bridgehead atoms. The third-order valence-corrected chi connectivity index (χ3v) is 6.03. The lowest BCUT2D eigenvalue weighted by molar-refractivity contribution is 0.0950. The summed E-state index contributed by atoms with van der Waals surface area (Å²) in [6.07, 6.45) is 0. The zero-order valence-electron chi connectivity index (χ0n) is 13.7. The summed E-state index contributed by atoms with van der Waals surface area (Å²) in [4.78, 5) is 14.9. The second-order valence-electron chi connectivity index (χ2n) is 5.55. The average molecular weight is 407 g/mol. The van der Waals surface area contributed by atoms with E-state index in [1.54, 1.807) is 11.4 Å². The first-order valence-corrected chi connectivity index (χ1v) is 10.3. The molecule has 3 rings (SSSR count). The summed E-state index contributed by atoms with van der Waals surface area (Å²) in [7, 11) is -3.91. The molecule has 0 saturated heterocycles. The van der Waals surface area contributed by atoms with Crippen LogP contribution in [0.1, 0.15) is 15.2 Å². The molecular weight excluding hydrogens is 392 g/mol. The van der Waals surface area contributed by atoms with Crippen molar-refractivity contribution in [1.82, 2.24) is 10.3 Å². The van der Waals surface area contributed by atoms with Crippen LogP contribution < -0.4 is 10.3 Å². The molecule has 1 amide bonds. The van der Waals surface area contributed by atoms with Gasteiger partial charge in [-0.05, 0) is 42.1 Å². The van der Waals surface area contributed by atoms with Crippen LogP contribution in [0.25, 0.3) is 11.1 Å². The summed E-state index contributed by atoms with van der Waals surface area (Å²) >= 11 is 7.05. The summed E-state index contributed by atoms with van der Waals surface area (Å²) in [5, 5.41) is 2.08. The Morgan fingerprint density at radius 3 is 2.50 bits per heavy atom. The van der Waals surface area contributed by atoms with Crippen LogP contribution >= 0.6 is 22.9 Å². The monoisotopic (exact) mass is 406 g/mol. The van der Waals surface area contributed by atoms with E-state index >= 15 is 0 Å². The van der Waals surface area contributed by atoms with Crippen molar-refractivity contribution in [3.8, 4) is 11.1 Å². The Morgan fingerprint density at radius 2 is 1.81 bits per heavy atom. The molecule has 8 heteroatoms. The van der Waals surface area contributed by atoms with E-state index in [4.69, 9.17) is 11.6 Å². The lowest BCUT2D eigenvalue weighted by Gasteiger charge is -2.09. The van der Waals surface area contributed by atoms with Gasteiger partial charge < -0.3 is 0 Å². The minimum atomic E-state index is -3.91. The topological polar surface area (TPSA) is 75.3 Å². The van der Waals surface area contributed by atoms with Crippen LogP contribution in [0.5, 0.6) is 0 Å². The number of hydrogen-bond donors (Lipinski definition) is 2. The number of nitrogens with one attached hydrogen (secondary N) is 2. The number of hydrogen-bond acceptors (Lipinski definition) is 4. The summed E-state index contributed by atoms with van der Waals surface area (Å²) in [5.74, 6) is -0.527. The number of carbonyl (C=O) groups is 1. The third-order valence-electron chi connectivity index (χ3n) is 3.64. The number of carbonyl (C=O) groups excluding carboxylic acids is 1. The standard InChI is InChI=1S/C18H15ClN2O3S2/c1-12-5-7-13(8-6-12)16-9-10-25-17(16)18(22)20-21-26(23,24)15-4-2-3-14(19)11-15/h2-11,21H,1H3,(H,20,22). The molecule has 0 aliphatic carbocycles. The first kappa shape index (κ1) is 18.6. The Labute approximate surface area is 160 Å². The van der Waals surface area contributed by atoms with Crippen molar-refractivity contribution in [1.29, 1.82) is 0 Å². The normalized spacial score (nSPS) is 11.3. The number of rotatable bonds is 5. The minimum absolute atomic E-state index is 0.0322. The Bertz CT molecular complexity index is 1040. The van der Waals surface area contributed by atoms with Crippen molar-refractivity contribution in [2.75, 3.05) is 0 Å². The fourth-order valence-corrected chi connectivity index (χ4v) is 4.26. The van der Waals surface area contributed by atoms with Crippen LogP contribution in [-0.4, -0.2) is 14.3 Å². The molecule has 5 nitrogen and oxygen atoms in total. The smallest absolute Gasteiger partial charge is 0.273 e. The summed E-state index contributed by atoms with van der Waals surface area (Å²) in [6.45, 7) is 1.98. The SMILES string of the molecule is Cc1ccc(-c2ccsc2C(=O)NNS(=O)(=O)c2cccc(Cl)c2)cc1. The highest BCUT2D eigenvalue weighted by Crippen LogP contribution is 2.28. The third kappa shape index (κ3) is 4.13. The Morgan fingerprint density at radius 1 is 1.08 bits per heavy atom. The van der Waals surface area contributed by atoms with Crippen LogP contribution in [-0.2, 0) is 10.0 Å². The fourth-order valence-electron chi connectivity index (χ4n) is 2.31. The van der Waals surface area contributed by atoms with Crippen molar-refractivity contribution in [3.05, 3.63) is 75.4 Å². The Kier molecular flexibility index (Phi) is 5.43. The van der Waals surface area contributed by atoms with Gasteiger partial charge in [0.1, 0.15) is 4.88 Å². The van der Waals surface area contributed by atoms with E-state index in [1.807, 2.05) is 37.3 Å². The number of aryl methyl sites for hydroxylation is 1. The maximum Gasteiger partial charge on any atom is 0.276 e. The van der Waals surface area contributed by atoms with E-state index in [2.05, 4.69) is 10.3 Å². The van der Waals surface area contributed by atoms with Crippen molar-refractivity contribution < 1.29 is 13.2 Å². The maximum atomic E-state index is 12.5. The number of halogens is 1.